The molecular weight excluding hydrogens is 518 g/mol. The molecule has 0 aromatic rings. The quantitative estimate of drug-likeness (QED) is 0.132. The Morgan fingerprint density at radius 3 is 1.87 bits per heavy atom. The SMILES string of the molecule is CO[C@@H]1[C@H](O)[C@@H](O[C@H]2O[C@H](C)[C@H](O)[C@H](O)[C@H]2OC)[C@H](O[C@H]2[C@@H](O)[C@@H](CO)O[C@H](O)[C@@H]2NC(C)=O)O[C@@H]1CO. The molecule has 16 heteroatoms. The van der Waals surface area contributed by atoms with Gasteiger partial charge in [0.25, 0.3) is 0 Å². The third-order valence-electron chi connectivity index (χ3n) is 6.95. The smallest absolute Gasteiger partial charge is 0.217 e. The van der Waals surface area contributed by atoms with Crippen LogP contribution in [0, 0.1) is 0 Å². The zero-order valence-electron chi connectivity index (χ0n) is 21.5. The standard InChI is InChI=1S/C22H39NO15/c1-7-12(27)14(29)18(33-4)21(34-7)38-19-15(30)16(32-3)10(6-25)36-22(19)37-17-11(23-8(2)26)20(31)35-9(5-24)13(17)28/h7,9-22,24-25,27-31H,5-6H2,1-4H3,(H,23,26)/t7-,9-,10-,11-,12+,13+,14+,15+,16+,17-,18-,19-,20+,21-,22+/m1/s1. The average Bonchev–Trinajstić information content (AvgIpc) is 2.88. The number of ether oxygens (including phenoxy) is 7. The topological polar surface area (TPSA) is 235 Å². The van der Waals surface area contributed by atoms with Gasteiger partial charge in [0.15, 0.2) is 18.9 Å². The van der Waals surface area contributed by atoms with Crippen molar-refractivity contribution in [2.24, 2.45) is 0 Å². The predicted octanol–water partition coefficient (Wildman–Crippen LogP) is -5.09. The summed E-state index contributed by atoms with van der Waals surface area (Å²) in [6, 6.07) is -1.34. The number of methoxy groups -OCH3 is 2. The first-order chi connectivity index (χ1) is 18.0. The number of hydrogen-bond acceptors (Lipinski definition) is 15. The number of carbonyl (C=O) groups is 1. The number of aliphatic hydroxyl groups excluding tert-OH is 7. The molecule has 0 aromatic heterocycles. The minimum atomic E-state index is -1.70. The van der Waals surface area contributed by atoms with E-state index in [9.17, 15) is 40.5 Å². The van der Waals surface area contributed by atoms with E-state index in [1.54, 1.807) is 0 Å². The van der Waals surface area contributed by atoms with E-state index in [1.807, 2.05) is 0 Å². The third-order valence-corrected chi connectivity index (χ3v) is 6.95. The molecule has 16 nitrogen and oxygen atoms in total. The lowest BCUT2D eigenvalue weighted by Crippen LogP contribution is -2.68. The van der Waals surface area contributed by atoms with Crippen molar-refractivity contribution in [2.45, 2.75) is 106 Å². The van der Waals surface area contributed by atoms with Crippen LogP contribution >= 0.6 is 0 Å². The van der Waals surface area contributed by atoms with Gasteiger partial charge in [-0.25, -0.2) is 0 Å². The maximum atomic E-state index is 11.8. The molecule has 38 heavy (non-hydrogen) atoms. The van der Waals surface area contributed by atoms with Crippen molar-refractivity contribution in [3.63, 3.8) is 0 Å². The summed E-state index contributed by atoms with van der Waals surface area (Å²) in [5.41, 5.74) is 0. The van der Waals surface area contributed by atoms with Gasteiger partial charge in [-0.2, -0.15) is 0 Å². The molecule has 0 saturated carbocycles. The van der Waals surface area contributed by atoms with Crippen LogP contribution in [0.5, 0.6) is 0 Å². The second-order valence-corrected chi connectivity index (χ2v) is 9.47. The Morgan fingerprint density at radius 1 is 0.737 bits per heavy atom. The van der Waals surface area contributed by atoms with Crippen molar-refractivity contribution in [3.05, 3.63) is 0 Å². The molecule has 8 N–H and O–H groups in total. The van der Waals surface area contributed by atoms with Crippen LogP contribution < -0.4 is 5.32 Å². The molecule has 222 valence electrons. The zero-order valence-corrected chi connectivity index (χ0v) is 21.5. The number of rotatable bonds is 9. The Bertz CT molecular complexity index is 762. The highest BCUT2D eigenvalue weighted by molar-refractivity contribution is 5.73. The molecule has 1 amide bonds. The van der Waals surface area contributed by atoms with Crippen LogP contribution in [0.25, 0.3) is 0 Å². The fraction of sp³-hybridized carbons (Fsp3) is 0.955. The first kappa shape index (κ1) is 31.4. The number of amides is 1. The van der Waals surface area contributed by atoms with E-state index in [2.05, 4.69) is 5.32 Å². The van der Waals surface area contributed by atoms with Crippen LogP contribution in [0.3, 0.4) is 0 Å². The number of nitrogens with one attached hydrogen (secondary N) is 1. The van der Waals surface area contributed by atoms with Gasteiger partial charge in [-0.3, -0.25) is 4.79 Å². The molecule has 0 spiro atoms. The van der Waals surface area contributed by atoms with Crippen molar-refractivity contribution in [3.8, 4) is 0 Å². The van der Waals surface area contributed by atoms with Crippen LogP contribution in [-0.4, -0.2) is 161 Å². The second kappa shape index (κ2) is 13.5. The maximum Gasteiger partial charge on any atom is 0.217 e. The highest BCUT2D eigenvalue weighted by Gasteiger charge is 2.54. The fourth-order valence-corrected chi connectivity index (χ4v) is 4.89. The normalized spacial score (nSPS) is 48.0. The summed E-state index contributed by atoms with van der Waals surface area (Å²) >= 11 is 0. The van der Waals surface area contributed by atoms with Gasteiger partial charge in [0.1, 0.15) is 67.1 Å². The van der Waals surface area contributed by atoms with Gasteiger partial charge in [-0.15, -0.1) is 0 Å². The summed E-state index contributed by atoms with van der Waals surface area (Å²) < 4.78 is 39.1. The molecule has 0 aliphatic carbocycles. The van der Waals surface area contributed by atoms with Gasteiger partial charge < -0.3 is 74.2 Å². The van der Waals surface area contributed by atoms with E-state index in [0.717, 1.165) is 6.92 Å². The molecule has 0 aromatic carbocycles. The van der Waals surface area contributed by atoms with E-state index in [0.29, 0.717) is 0 Å². The van der Waals surface area contributed by atoms with Crippen LogP contribution in [0.2, 0.25) is 0 Å². The monoisotopic (exact) mass is 557 g/mol. The Labute approximate surface area is 218 Å². The van der Waals surface area contributed by atoms with E-state index in [-0.39, 0.29) is 0 Å². The predicted molar refractivity (Wildman–Crippen MR) is 121 cm³/mol. The Kier molecular flexibility index (Phi) is 11.2. The van der Waals surface area contributed by atoms with Crippen LogP contribution in [0.15, 0.2) is 0 Å². The molecular formula is C22H39NO15. The molecule has 0 radical (unpaired) electrons. The summed E-state index contributed by atoms with van der Waals surface area (Å²) in [4.78, 5) is 11.8. The van der Waals surface area contributed by atoms with Gasteiger partial charge >= 0.3 is 0 Å². The van der Waals surface area contributed by atoms with Crippen molar-refractivity contribution >= 4 is 5.91 Å². The zero-order chi connectivity index (χ0) is 28.3. The van der Waals surface area contributed by atoms with Crippen molar-refractivity contribution in [1.29, 1.82) is 0 Å². The molecule has 0 unspecified atom stereocenters. The van der Waals surface area contributed by atoms with Crippen LogP contribution in [-0.2, 0) is 38.0 Å². The highest BCUT2D eigenvalue weighted by atomic mass is 16.8. The second-order valence-electron chi connectivity index (χ2n) is 9.47. The van der Waals surface area contributed by atoms with Gasteiger partial charge in [0.05, 0.1) is 19.3 Å². The highest BCUT2D eigenvalue weighted by Crippen LogP contribution is 2.33. The molecule has 3 heterocycles. The molecule has 0 bridgehead atoms. The summed E-state index contributed by atoms with van der Waals surface area (Å²) in [7, 11) is 2.53. The third kappa shape index (κ3) is 6.45. The molecule has 3 saturated heterocycles. The minimum absolute atomic E-state index is 0.592. The van der Waals surface area contributed by atoms with Crippen LogP contribution in [0.4, 0.5) is 0 Å². The van der Waals surface area contributed by atoms with Gasteiger partial charge in [-0.1, -0.05) is 0 Å². The number of hydrogen-bond donors (Lipinski definition) is 8. The van der Waals surface area contributed by atoms with Crippen molar-refractivity contribution in [2.75, 3.05) is 27.4 Å². The first-order valence-electron chi connectivity index (χ1n) is 12.2. The van der Waals surface area contributed by atoms with Gasteiger partial charge in [0.2, 0.25) is 5.91 Å². The lowest BCUT2D eigenvalue weighted by atomic mass is 9.95. The maximum absolute atomic E-state index is 11.8. The summed E-state index contributed by atoms with van der Waals surface area (Å²) in [5, 5.41) is 74.9. The molecule has 3 aliphatic rings. The number of aliphatic hydroxyl groups is 7. The van der Waals surface area contributed by atoms with Crippen molar-refractivity contribution < 1.29 is 73.7 Å². The van der Waals surface area contributed by atoms with E-state index in [1.165, 1.54) is 21.1 Å². The summed E-state index contributed by atoms with van der Waals surface area (Å²) in [6.45, 7) is 1.34. The molecule has 3 aliphatic heterocycles. The minimum Gasteiger partial charge on any atom is -0.394 e. The molecule has 3 fully saturated rings. The summed E-state index contributed by atoms with van der Waals surface area (Å²) in [5.74, 6) is -0.592. The fourth-order valence-electron chi connectivity index (χ4n) is 4.89. The lowest BCUT2D eigenvalue weighted by Gasteiger charge is -2.49. The Morgan fingerprint density at radius 2 is 1.32 bits per heavy atom. The van der Waals surface area contributed by atoms with E-state index >= 15 is 0 Å². The first-order valence-corrected chi connectivity index (χ1v) is 12.2. The van der Waals surface area contributed by atoms with E-state index in [4.69, 9.17) is 33.2 Å². The summed E-state index contributed by atoms with van der Waals surface area (Å²) in [6.07, 6.45) is -19.1. The number of carbonyl (C=O) groups excluding carboxylic acids is 1. The molecule has 3 rings (SSSR count). The van der Waals surface area contributed by atoms with Gasteiger partial charge in [0, 0.05) is 21.1 Å². The lowest BCUT2D eigenvalue weighted by molar-refractivity contribution is -0.382. The van der Waals surface area contributed by atoms with E-state index < -0.39 is 111 Å². The molecule has 15 atom stereocenters. The Hall–Kier alpha value is -1.09. The van der Waals surface area contributed by atoms with Gasteiger partial charge in [-0.05, 0) is 6.92 Å². The average molecular weight is 558 g/mol. The Balaban J connectivity index is 1.93. The van der Waals surface area contributed by atoms with Crippen LogP contribution in [0.1, 0.15) is 13.8 Å². The van der Waals surface area contributed by atoms with Crippen molar-refractivity contribution in [1.82, 2.24) is 5.32 Å². The largest absolute Gasteiger partial charge is 0.394 e.